The monoisotopic (exact) mass is 474 g/mol. The Hall–Kier alpha value is -1.48. The summed E-state index contributed by atoms with van der Waals surface area (Å²) in [7, 11) is -3.67. The van der Waals surface area contributed by atoms with Crippen molar-refractivity contribution in [1.29, 1.82) is 0 Å². The first-order valence-corrected chi connectivity index (χ1v) is 11.5. The lowest BCUT2D eigenvalue weighted by Crippen LogP contribution is -2.59. The molecule has 1 saturated heterocycles. The Morgan fingerprint density at radius 1 is 1.36 bits per heavy atom. The lowest BCUT2D eigenvalue weighted by atomic mass is 9.84. The fourth-order valence-corrected chi connectivity index (χ4v) is 6.93. The number of nitrogens with one attached hydrogen (secondary N) is 1. The average molecular weight is 475 g/mol. The number of rotatable bonds is 1. The van der Waals surface area contributed by atoms with Crippen LogP contribution in [-0.4, -0.2) is 36.4 Å². The van der Waals surface area contributed by atoms with E-state index < -0.39 is 43.4 Å². The second-order valence-corrected chi connectivity index (χ2v) is 11.6. The molecule has 2 aliphatic heterocycles. The maximum atomic E-state index is 14.7. The zero-order valence-corrected chi connectivity index (χ0v) is 18.7. The molecule has 28 heavy (non-hydrogen) atoms. The summed E-state index contributed by atoms with van der Waals surface area (Å²) >= 11 is 3.32. The molecular weight excluding hydrogens is 451 g/mol. The van der Waals surface area contributed by atoms with E-state index in [9.17, 15) is 17.6 Å². The Balaban J connectivity index is 2.12. The van der Waals surface area contributed by atoms with E-state index >= 15 is 0 Å². The van der Waals surface area contributed by atoms with Crippen LogP contribution in [0, 0.1) is 5.82 Å². The first-order valence-electron chi connectivity index (χ1n) is 9.12. The molecule has 154 valence electrons. The van der Waals surface area contributed by atoms with E-state index in [1.165, 1.54) is 6.07 Å². The highest BCUT2D eigenvalue weighted by Crippen LogP contribution is 2.46. The van der Waals surface area contributed by atoms with Crippen molar-refractivity contribution in [2.75, 3.05) is 0 Å². The SMILES string of the molecule is CC(C)(C)OC(=O)NC1=N[C@](C)(c2cc(Br)ccc2F)[C@H]2CCC[C@@H]1S2(=O)=O. The van der Waals surface area contributed by atoms with Crippen LogP contribution in [0.25, 0.3) is 0 Å². The van der Waals surface area contributed by atoms with Gasteiger partial charge in [-0.05, 0) is 58.7 Å². The maximum Gasteiger partial charge on any atom is 0.413 e. The van der Waals surface area contributed by atoms with Crippen molar-refractivity contribution in [3.05, 3.63) is 34.1 Å². The van der Waals surface area contributed by atoms with Gasteiger partial charge in [0, 0.05) is 10.0 Å². The average Bonchev–Trinajstić information content (AvgIpc) is 2.52. The Morgan fingerprint density at radius 3 is 2.68 bits per heavy atom. The third-order valence-electron chi connectivity index (χ3n) is 5.11. The second kappa shape index (κ2) is 7.09. The highest BCUT2D eigenvalue weighted by molar-refractivity contribution is 9.10. The normalized spacial score (nSPS) is 29.0. The van der Waals surface area contributed by atoms with E-state index in [0.717, 1.165) is 0 Å². The van der Waals surface area contributed by atoms with Crippen LogP contribution in [0.3, 0.4) is 0 Å². The van der Waals surface area contributed by atoms with Crippen molar-refractivity contribution >= 4 is 37.7 Å². The van der Waals surface area contributed by atoms with Crippen molar-refractivity contribution < 1.29 is 22.3 Å². The van der Waals surface area contributed by atoms with E-state index in [2.05, 4.69) is 26.2 Å². The Kier molecular flexibility index (Phi) is 5.38. The van der Waals surface area contributed by atoms with E-state index in [0.29, 0.717) is 23.7 Å². The minimum Gasteiger partial charge on any atom is -0.444 e. The molecule has 6 nitrogen and oxygen atoms in total. The van der Waals surface area contributed by atoms with Crippen molar-refractivity contribution in [1.82, 2.24) is 5.32 Å². The van der Waals surface area contributed by atoms with Crippen molar-refractivity contribution in [2.24, 2.45) is 4.99 Å². The Bertz CT molecular complexity index is 942. The number of alkyl carbamates (subject to hydrolysis) is 1. The van der Waals surface area contributed by atoms with E-state index in [-0.39, 0.29) is 11.4 Å². The number of carbonyl (C=O) groups is 1. The molecule has 0 saturated carbocycles. The number of amides is 1. The van der Waals surface area contributed by atoms with Crippen LogP contribution in [0.4, 0.5) is 9.18 Å². The second-order valence-electron chi connectivity index (χ2n) is 8.39. The third kappa shape index (κ3) is 3.83. The van der Waals surface area contributed by atoms with Gasteiger partial charge in [0.15, 0.2) is 9.84 Å². The molecule has 0 aromatic heterocycles. The minimum absolute atomic E-state index is 0.0204. The summed E-state index contributed by atoms with van der Waals surface area (Å²) in [5.41, 5.74) is -1.92. The summed E-state index contributed by atoms with van der Waals surface area (Å²) in [6.45, 7) is 6.75. The molecule has 1 fully saturated rings. The maximum absolute atomic E-state index is 14.7. The minimum atomic E-state index is -3.67. The topological polar surface area (TPSA) is 84.8 Å². The molecule has 2 heterocycles. The predicted molar refractivity (Wildman–Crippen MR) is 109 cm³/mol. The van der Waals surface area contributed by atoms with Crippen molar-refractivity contribution in [3.8, 4) is 0 Å². The van der Waals surface area contributed by atoms with Gasteiger partial charge in [-0.3, -0.25) is 10.3 Å². The van der Waals surface area contributed by atoms with Gasteiger partial charge in [0.1, 0.15) is 28.0 Å². The van der Waals surface area contributed by atoms with Gasteiger partial charge in [0.25, 0.3) is 0 Å². The fourth-order valence-electron chi connectivity index (χ4n) is 3.94. The third-order valence-corrected chi connectivity index (χ3v) is 8.35. The number of hydrogen-bond donors (Lipinski definition) is 1. The molecule has 1 aromatic rings. The standard InChI is InChI=1S/C19H24BrFN2O4S/c1-18(2,3)27-17(24)22-16-14-6-5-7-15(28(14,25)26)19(4,23-16)12-10-11(20)8-9-13(12)21/h8-10,14-15H,5-7H2,1-4H3,(H,22,23,24)/t14-,15+,19+/m0/s1. The van der Waals surface area contributed by atoms with Gasteiger partial charge in [0.05, 0.1) is 5.25 Å². The van der Waals surface area contributed by atoms with Crippen LogP contribution in [0.2, 0.25) is 0 Å². The van der Waals surface area contributed by atoms with E-state index in [1.807, 2.05) is 0 Å². The van der Waals surface area contributed by atoms with Gasteiger partial charge in [-0.2, -0.15) is 0 Å². The molecule has 9 heteroatoms. The molecular formula is C19H24BrFN2O4S. The number of hydrogen-bond acceptors (Lipinski definition) is 5. The number of nitrogens with zero attached hydrogens (tertiary/aromatic N) is 1. The first-order chi connectivity index (χ1) is 12.8. The quantitative estimate of drug-likeness (QED) is 0.664. The van der Waals surface area contributed by atoms with Gasteiger partial charge < -0.3 is 4.74 Å². The van der Waals surface area contributed by atoms with Crippen molar-refractivity contribution in [2.45, 2.75) is 68.6 Å². The molecule has 0 spiro atoms. The van der Waals surface area contributed by atoms with Gasteiger partial charge in [-0.1, -0.05) is 22.4 Å². The molecule has 3 atom stereocenters. The number of sulfone groups is 1. The Morgan fingerprint density at radius 2 is 2.04 bits per heavy atom. The number of benzene rings is 1. The first kappa shape index (κ1) is 21.2. The van der Waals surface area contributed by atoms with Crippen LogP contribution >= 0.6 is 15.9 Å². The molecule has 2 aliphatic rings. The highest BCUT2D eigenvalue weighted by Gasteiger charge is 2.55. The number of halogens is 2. The fraction of sp³-hybridized carbons (Fsp3) is 0.579. The van der Waals surface area contributed by atoms with Gasteiger partial charge in [0.2, 0.25) is 0 Å². The summed E-state index contributed by atoms with van der Waals surface area (Å²) < 4.78 is 47.1. The van der Waals surface area contributed by atoms with Crippen LogP contribution < -0.4 is 5.32 Å². The molecule has 0 unspecified atom stereocenters. The molecule has 3 rings (SSSR count). The Labute approximate surface area is 173 Å². The summed E-state index contributed by atoms with van der Waals surface area (Å²) in [5.74, 6) is -0.516. The van der Waals surface area contributed by atoms with Gasteiger partial charge in [-0.25, -0.2) is 17.6 Å². The van der Waals surface area contributed by atoms with Crippen LogP contribution in [-0.2, 0) is 20.1 Å². The molecule has 1 aromatic carbocycles. The summed E-state index contributed by atoms with van der Waals surface area (Å²) in [6, 6.07) is 4.38. The van der Waals surface area contributed by atoms with Gasteiger partial charge >= 0.3 is 6.09 Å². The van der Waals surface area contributed by atoms with E-state index in [4.69, 9.17) is 4.74 Å². The molecule has 2 bridgehead atoms. The van der Waals surface area contributed by atoms with Crippen molar-refractivity contribution in [3.63, 3.8) is 0 Å². The van der Waals surface area contributed by atoms with Gasteiger partial charge in [-0.15, -0.1) is 0 Å². The summed E-state index contributed by atoms with van der Waals surface area (Å²) in [4.78, 5) is 16.9. The highest BCUT2D eigenvalue weighted by atomic mass is 79.9. The predicted octanol–water partition coefficient (Wildman–Crippen LogP) is 4.08. The summed E-state index contributed by atoms with van der Waals surface area (Å²) in [6.07, 6.45) is 0.631. The molecule has 0 radical (unpaired) electrons. The van der Waals surface area contributed by atoms with E-state index in [1.54, 1.807) is 39.8 Å². The molecule has 1 N–H and O–H groups in total. The number of ether oxygens (including phenoxy) is 1. The van der Waals surface area contributed by atoms with Crippen LogP contribution in [0.15, 0.2) is 27.7 Å². The van der Waals surface area contributed by atoms with Crippen LogP contribution in [0.1, 0.15) is 52.5 Å². The number of carbonyl (C=O) groups excluding carboxylic acids is 1. The largest absolute Gasteiger partial charge is 0.444 e. The zero-order valence-electron chi connectivity index (χ0n) is 16.3. The zero-order chi connectivity index (χ0) is 20.9. The van der Waals surface area contributed by atoms with Crippen LogP contribution in [0.5, 0.6) is 0 Å². The smallest absolute Gasteiger partial charge is 0.413 e. The number of aliphatic imine (C=N–C) groups is 1. The molecule has 1 amide bonds. The lowest BCUT2D eigenvalue weighted by molar-refractivity contribution is 0.0561. The number of fused-ring (bicyclic) bond motifs is 2. The summed E-state index contributed by atoms with van der Waals surface area (Å²) in [5, 5.41) is 0.751. The molecule has 0 aliphatic carbocycles. The lowest BCUT2D eigenvalue weighted by Gasteiger charge is -2.44. The number of amidine groups is 1.